The zero-order valence-electron chi connectivity index (χ0n) is 11.8. The molecule has 0 aliphatic carbocycles. The molecular weight excluding hydrogens is 262 g/mol. The van der Waals surface area contributed by atoms with Crippen molar-refractivity contribution in [2.24, 2.45) is 0 Å². The van der Waals surface area contributed by atoms with Crippen molar-refractivity contribution in [2.45, 2.75) is 0 Å². The van der Waals surface area contributed by atoms with Crippen LogP contribution in [-0.4, -0.2) is 20.2 Å². The second-order valence-corrected chi connectivity index (χ2v) is 4.57. The van der Waals surface area contributed by atoms with Gasteiger partial charge >= 0.3 is 0 Å². The van der Waals surface area contributed by atoms with Gasteiger partial charge in [0.05, 0.1) is 29.8 Å². The largest absolute Gasteiger partial charge is 0.492 e. The lowest BCUT2D eigenvalue weighted by Crippen LogP contribution is -2.23. The zero-order valence-corrected chi connectivity index (χ0v) is 11.8. The summed E-state index contributed by atoms with van der Waals surface area (Å²) >= 11 is 0. The lowest BCUT2D eigenvalue weighted by Gasteiger charge is -2.19. The zero-order chi connectivity index (χ0) is 15.1. The first-order valence-corrected chi connectivity index (χ1v) is 6.57. The molecule has 0 atom stereocenters. The molecular formula is C17H15N3O. The number of ether oxygens (including phenoxy) is 1. The topological polar surface area (TPSA) is 60.0 Å². The third kappa shape index (κ3) is 3.99. The Bertz CT molecular complexity index is 680. The third-order valence-corrected chi connectivity index (χ3v) is 3.09. The molecule has 0 amide bonds. The van der Waals surface area contributed by atoms with E-state index in [2.05, 4.69) is 12.1 Å². The molecule has 2 rings (SSSR count). The summed E-state index contributed by atoms with van der Waals surface area (Å²) in [5.41, 5.74) is 2.25. The van der Waals surface area contributed by atoms with E-state index in [0.29, 0.717) is 24.3 Å². The van der Waals surface area contributed by atoms with Gasteiger partial charge in [0.25, 0.3) is 0 Å². The number of likely N-dealkylation sites (N-methyl/N-ethyl adjacent to an activating group) is 1. The molecule has 0 fully saturated rings. The monoisotopic (exact) mass is 277 g/mol. The first-order valence-electron chi connectivity index (χ1n) is 6.57. The van der Waals surface area contributed by atoms with Crippen LogP contribution in [-0.2, 0) is 0 Å². The molecule has 0 saturated carbocycles. The number of hydrogen-bond acceptors (Lipinski definition) is 4. The summed E-state index contributed by atoms with van der Waals surface area (Å²) in [5.74, 6) is 0.744. The minimum Gasteiger partial charge on any atom is -0.492 e. The Hall–Kier alpha value is -2.98. The first kappa shape index (κ1) is 14.4. The summed E-state index contributed by atoms with van der Waals surface area (Å²) in [7, 11) is 1.96. The van der Waals surface area contributed by atoms with Crippen molar-refractivity contribution in [1.29, 1.82) is 10.5 Å². The van der Waals surface area contributed by atoms with Crippen molar-refractivity contribution in [3.63, 3.8) is 0 Å². The molecule has 0 aromatic heterocycles. The van der Waals surface area contributed by atoms with Crippen LogP contribution in [0.3, 0.4) is 0 Å². The van der Waals surface area contributed by atoms with Crippen LogP contribution in [0, 0.1) is 22.7 Å². The molecule has 4 heteroatoms. The fourth-order valence-electron chi connectivity index (χ4n) is 1.87. The number of benzene rings is 2. The lowest BCUT2D eigenvalue weighted by atomic mass is 10.2. The normalized spacial score (nSPS) is 9.48. The number of nitriles is 2. The van der Waals surface area contributed by atoms with E-state index in [-0.39, 0.29) is 0 Å². The van der Waals surface area contributed by atoms with Crippen molar-refractivity contribution in [3.05, 3.63) is 59.7 Å². The van der Waals surface area contributed by atoms with Gasteiger partial charge in [0.1, 0.15) is 12.4 Å². The maximum absolute atomic E-state index is 8.90. The Morgan fingerprint density at radius 2 is 1.71 bits per heavy atom. The summed E-state index contributed by atoms with van der Waals surface area (Å²) in [6, 6.07) is 18.7. The highest BCUT2D eigenvalue weighted by atomic mass is 16.5. The van der Waals surface area contributed by atoms with E-state index < -0.39 is 0 Å². The molecule has 4 nitrogen and oxygen atoms in total. The summed E-state index contributed by atoms with van der Waals surface area (Å²) in [5, 5.41) is 17.6. The maximum Gasteiger partial charge on any atom is 0.119 e. The highest BCUT2D eigenvalue weighted by molar-refractivity contribution is 5.50. The molecule has 0 unspecified atom stereocenters. The SMILES string of the molecule is CN(CCOc1ccc(C#N)cc1)c1cccc(C#N)c1. The maximum atomic E-state index is 8.90. The standard InChI is InChI=1S/C17H15N3O/c1-20(16-4-2-3-15(11-16)13-19)9-10-21-17-7-5-14(12-18)6-8-17/h2-8,11H,9-10H2,1H3. The van der Waals surface area contributed by atoms with Crippen LogP contribution in [0.1, 0.15) is 11.1 Å². The average molecular weight is 277 g/mol. The number of hydrogen-bond donors (Lipinski definition) is 0. The second-order valence-electron chi connectivity index (χ2n) is 4.57. The summed E-state index contributed by atoms with van der Waals surface area (Å²) in [6.45, 7) is 1.23. The molecule has 0 heterocycles. The van der Waals surface area contributed by atoms with E-state index in [9.17, 15) is 0 Å². The van der Waals surface area contributed by atoms with E-state index in [4.69, 9.17) is 15.3 Å². The summed E-state index contributed by atoms with van der Waals surface area (Å²) in [6.07, 6.45) is 0. The van der Waals surface area contributed by atoms with E-state index in [0.717, 1.165) is 11.4 Å². The van der Waals surface area contributed by atoms with Crippen LogP contribution in [0.5, 0.6) is 5.75 Å². The van der Waals surface area contributed by atoms with Gasteiger partial charge in [0.2, 0.25) is 0 Å². The van der Waals surface area contributed by atoms with Crippen LogP contribution < -0.4 is 9.64 Å². The second kappa shape index (κ2) is 6.98. The Balaban J connectivity index is 1.87. The molecule has 2 aromatic carbocycles. The van der Waals surface area contributed by atoms with E-state index in [1.165, 1.54) is 0 Å². The van der Waals surface area contributed by atoms with Crippen LogP contribution in [0.2, 0.25) is 0 Å². The molecule has 0 radical (unpaired) electrons. The van der Waals surface area contributed by atoms with Crippen molar-refractivity contribution < 1.29 is 4.74 Å². The number of nitrogens with zero attached hydrogens (tertiary/aromatic N) is 3. The molecule has 0 saturated heterocycles. The first-order chi connectivity index (χ1) is 10.2. The summed E-state index contributed by atoms with van der Waals surface area (Å²) in [4.78, 5) is 2.03. The molecule has 0 N–H and O–H groups in total. The highest BCUT2D eigenvalue weighted by Crippen LogP contribution is 2.15. The van der Waals surface area contributed by atoms with Crippen molar-refractivity contribution in [2.75, 3.05) is 25.1 Å². The number of anilines is 1. The van der Waals surface area contributed by atoms with E-state index in [1.54, 1.807) is 30.3 Å². The van der Waals surface area contributed by atoms with Gasteiger partial charge in [0, 0.05) is 12.7 Å². The molecule has 0 bridgehead atoms. The Kier molecular flexibility index (Phi) is 4.79. The molecule has 2 aromatic rings. The molecule has 0 spiro atoms. The van der Waals surface area contributed by atoms with Gasteiger partial charge < -0.3 is 9.64 Å². The quantitative estimate of drug-likeness (QED) is 0.843. The molecule has 104 valence electrons. The third-order valence-electron chi connectivity index (χ3n) is 3.09. The fourth-order valence-corrected chi connectivity index (χ4v) is 1.87. The lowest BCUT2D eigenvalue weighted by molar-refractivity contribution is 0.326. The van der Waals surface area contributed by atoms with Gasteiger partial charge in [0.15, 0.2) is 0 Å². The fraction of sp³-hybridized carbons (Fsp3) is 0.176. The van der Waals surface area contributed by atoms with Gasteiger partial charge in [-0.1, -0.05) is 6.07 Å². The predicted molar refractivity (Wildman–Crippen MR) is 81.1 cm³/mol. The minimum absolute atomic E-state index is 0.527. The predicted octanol–water partition coefficient (Wildman–Crippen LogP) is 2.95. The summed E-state index contributed by atoms with van der Waals surface area (Å²) < 4.78 is 5.64. The van der Waals surface area contributed by atoms with Crippen LogP contribution in [0.15, 0.2) is 48.5 Å². The van der Waals surface area contributed by atoms with Crippen molar-refractivity contribution in [1.82, 2.24) is 0 Å². The Labute approximate surface area is 124 Å². The van der Waals surface area contributed by atoms with Crippen molar-refractivity contribution in [3.8, 4) is 17.9 Å². The molecule has 0 aliphatic heterocycles. The van der Waals surface area contributed by atoms with Crippen molar-refractivity contribution >= 4 is 5.69 Å². The highest BCUT2D eigenvalue weighted by Gasteiger charge is 2.02. The van der Waals surface area contributed by atoms with E-state index >= 15 is 0 Å². The minimum atomic E-state index is 0.527. The van der Waals surface area contributed by atoms with Gasteiger partial charge in [-0.2, -0.15) is 10.5 Å². The molecule has 0 aliphatic rings. The van der Waals surface area contributed by atoms with Gasteiger partial charge in [-0.05, 0) is 42.5 Å². The van der Waals surface area contributed by atoms with Crippen LogP contribution >= 0.6 is 0 Å². The van der Waals surface area contributed by atoms with Crippen LogP contribution in [0.4, 0.5) is 5.69 Å². The van der Waals surface area contributed by atoms with E-state index in [1.807, 2.05) is 30.1 Å². The number of rotatable bonds is 5. The van der Waals surface area contributed by atoms with Gasteiger partial charge in [-0.15, -0.1) is 0 Å². The average Bonchev–Trinajstić information content (AvgIpc) is 2.55. The Morgan fingerprint density at radius 3 is 2.38 bits per heavy atom. The van der Waals surface area contributed by atoms with Crippen LogP contribution in [0.25, 0.3) is 0 Å². The van der Waals surface area contributed by atoms with Gasteiger partial charge in [-0.3, -0.25) is 0 Å². The molecule has 21 heavy (non-hydrogen) atoms. The van der Waals surface area contributed by atoms with Gasteiger partial charge in [-0.25, -0.2) is 0 Å². The Morgan fingerprint density at radius 1 is 1.00 bits per heavy atom. The smallest absolute Gasteiger partial charge is 0.119 e.